The summed E-state index contributed by atoms with van der Waals surface area (Å²) < 4.78 is 12.4. The van der Waals surface area contributed by atoms with Gasteiger partial charge in [0.05, 0.1) is 0 Å². The molecule has 0 aliphatic carbocycles. The fourth-order valence-corrected chi connectivity index (χ4v) is 4.49. The average Bonchev–Trinajstić information content (AvgIpc) is 3.16. The van der Waals surface area contributed by atoms with Crippen LogP contribution < -0.4 is 0 Å². The fourth-order valence-electron chi connectivity index (χ4n) is 4.49. The van der Waals surface area contributed by atoms with E-state index in [0.717, 1.165) is 22.3 Å². The van der Waals surface area contributed by atoms with Crippen molar-refractivity contribution >= 4 is 6.16 Å². The summed E-state index contributed by atoms with van der Waals surface area (Å²) in [6.45, 7) is 0. The standard InChI is InChI=1S/C27H20O3/c28-25-29-26(21-13-5-1-6-14-21,22-15-7-2-8-16-22)27(30-25,23-17-9-3-10-18-23)24-19-11-4-12-20-24/h1-20H. The van der Waals surface area contributed by atoms with E-state index >= 15 is 0 Å². The number of carbonyl (C=O) groups excluding carboxylic acids is 1. The minimum absolute atomic E-state index is 0.699. The van der Waals surface area contributed by atoms with Gasteiger partial charge in [0, 0.05) is 22.3 Å². The van der Waals surface area contributed by atoms with Crippen molar-refractivity contribution in [3.8, 4) is 0 Å². The summed E-state index contributed by atoms with van der Waals surface area (Å²) in [5.41, 5.74) is 0.971. The van der Waals surface area contributed by atoms with Crippen LogP contribution in [0.4, 0.5) is 4.79 Å². The number of rotatable bonds is 4. The highest BCUT2D eigenvalue weighted by Gasteiger charge is 2.67. The molecule has 4 aromatic rings. The molecule has 5 rings (SSSR count). The van der Waals surface area contributed by atoms with E-state index in [0.29, 0.717) is 0 Å². The van der Waals surface area contributed by atoms with Gasteiger partial charge >= 0.3 is 6.16 Å². The first-order chi connectivity index (χ1) is 14.8. The second-order valence-electron chi connectivity index (χ2n) is 7.28. The van der Waals surface area contributed by atoms with E-state index in [9.17, 15) is 4.79 Å². The van der Waals surface area contributed by atoms with Gasteiger partial charge in [0.1, 0.15) is 0 Å². The van der Waals surface area contributed by atoms with E-state index in [4.69, 9.17) is 9.47 Å². The predicted octanol–water partition coefficient (Wildman–Crippen LogP) is 6.04. The van der Waals surface area contributed by atoms with Gasteiger partial charge in [-0.15, -0.1) is 0 Å². The van der Waals surface area contributed by atoms with Crippen molar-refractivity contribution in [3.63, 3.8) is 0 Å². The van der Waals surface area contributed by atoms with Crippen LogP contribution in [0, 0.1) is 0 Å². The van der Waals surface area contributed by atoms with Crippen LogP contribution in [0.5, 0.6) is 0 Å². The number of cyclic esters (lactones) is 2. The summed E-state index contributed by atoms with van der Waals surface area (Å²) in [5.74, 6) is 0. The van der Waals surface area contributed by atoms with E-state index in [1.54, 1.807) is 0 Å². The Bertz CT molecular complexity index is 968. The molecule has 1 fully saturated rings. The van der Waals surface area contributed by atoms with Crippen LogP contribution in [0.25, 0.3) is 0 Å². The van der Waals surface area contributed by atoms with Crippen LogP contribution in [0.1, 0.15) is 22.3 Å². The Labute approximate surface area is 175 Å². The van der Waals surface area contributed by atoms with Gasteiger partial charge in [-0.25, -0.2) is 4.79 Å². The molecule has 0 saturated carbocycles. The van der Waals surface area contributed by atoms with E-state index in [2.05, 4.69) is 0 Å². The maximum absolute atomic E-state index is 12.9. The molecule has 146 valence electrons. The molecular weight excluding hydrogens is 372 g/mol. The van der Waals surface area contributed by atoms with Gasteiger partial charge in [-0.3, -0.25) is 0 Å². The lowest BCUT2D eigenvalue weighted by molar-refractivity contribution is 0.00370. The average molecular weight is 392 g/mol. The number of carbonyl (C=O) groups is 1. The summed E-state index contributed by atoms with van der Waals surface area (Å²) >= 11 is 0. The van der Waals surface area contributed by atoms with Gasteiger partial charge in [0.2, 0.25) is 11.2 Å². The van der Waals surface area contributed by atoms with Crippen LogP contribution in [0.15, 0.2) is 121 Å². The Hall–Kier alpha value is -3.85. The Balaban J connectivity index is 1.94. The minimum Gasteiger partial charge on any atom is -0.413 e. The Kier molecular flexibility index (Phi) is 4.36. The number of hydrogen-bond donors (Lipinski definition) is 0. The van der Waals surface area contributed by atoms with Gasteiger partial charge in [-0.2, -0.15) is 0 Å². The van der Waals surface area contributed by atoms with Gasteiger partial charge in [-0.1, -0.05) is 121 Å². The molecule has 0 atom stereocenters. The third kappa shape index (κ3) is 2.56. The SMILES string of the molecule is O=C1OC(c2ccccc2)(c2ccccc2)C(c2ccccc2)(c2ccccc2)O1. The van der Waals surface area contributed by atoms with Crippen molar-refractivity contribution in [3.05, 3.63) is 144 Å². The number of ether oxygens (including phenoxy) is 2. The zero-order valence-electron chi connectivity index (χ0n) is 16.3. The molecule has 1 aliphatic heterocycles. The van der Waals surface area contributed by atoms with Crippen molar-refractivity contribution in [2.24, 2.45) is 0 Å². The van der Waals surface area contributed by atoms with Crippen molar-refractivity contribution in [2.75, 3.05) is 0 Å². The van der Waals surface area contributed by atoms with Crippen LogP contribution in [0.3, 0.4) is 0 Å². The second kappa shape index (κ2) is 7.20. The molecule has 3 nitrogen and oxygen atoms in total. The van der Waals surface area contributed by atoms with Crippen molar-refractivity contribution in [2.45, 2.75) is 11.2 Å². The summed E-state index contributed by atoms with van der Waals surface area (Å²) in [6, 6.07) is 39.3. The molecule has 0 spiro atoms. The lowest BCUT2D eigenvalue weighted by atomic mass is 9.66. The van der Waals surface area contributed by atoms with E-state index in [-0.39, 0.29) is 0 Å². The van der Waals surface area contributed by atoms with Crippen molar-refractivity contribution in [1.82, 2.24) is 0 Å². The zero-order valence-corrected chi connectivity index (χ0v) is 16.3. The first-order valence-electron chi connectivity index (χ1n) is 9.91. The number of benzene rings is 4. The largest absolute Gasteiger partial charge is 0.511 e. The summed E-state index contributed by atoms with van der Waals surface area (Å²) in [4.78, 5) is 12.9. The molecule has 1 saturated heterocycles. The molecule has 4 aromatic carbocycles. The molecular formula is C27H20O3. The Morgan fingerprint density at radius 2 is 0.633 bits per heavy atom. The molecule has 3 heteroatoms. The van der Waals surface area contributed by atoms with Crippen LogP contribution >= 0.6 is 0 Å². The Morgan fingerprint density at radius 3 is 0.867 bits per heavy atom. The molecule has 30 heavy (non-hydrogen) atoms. The lowest BCUT2D eigenvalue weighted by Crippen LogP contribution is -2.48. The highest BCUT2D eigenvalue weighted by Crippen LogP contribution is 2.58. The molecule has 1 aliphatic rings. The van der Waals surface area contributed by atoms with Crippen LogP contribution in [-0.4, -0.2) is 6.16 Å². The molecule has 1 heterocycles. The predicted molar refractivity (Wildman–Crippen MR) is 115 cm³/mol. The second-order valence-corrected chi connectivity index (χ2v) is 7.28. The van der Waals surface area contributed by atoms with Crippen LogP contribution in [-0.2, 0) is 20.7 Å². The first-order valence-corrected chi connectivity index (χ1v) is 9.91. The quantitative estimate of drug-likeness (QED) is 0.397. The monoisotopic (exact) mass is 392 g/mol. The maximum Gasteiger partial charge on any atom is 0.511 e. The third-order valence-corrected chi connectivity index (χ3v) is 5.69. The van der Waals surface area contributed by atoms with E-state index in [1.165, 1.54) is 0 Å². The lowest BCUT2D eigenvalue weighted by Gasteiger charge is -2.42. The zero-order chi connectivity index (χ0) is 20.4. The summed E-state index contributed by atoms with van der Waals surface area (Å²) in [6.07, 6.45) is -0.699. The normalized spacial score (nSPS) is 16.5. The highest BCUT2D eigenvalue weighted by atomic mass is 16.8. The van der Waals surface area contributed by atoms with Crippen LogP contribution in [0.2, 0.25) is 0 Å². The van der Waals surface area contributed by atoms with Gasteiger partial charge in [0.15, 0.2) is 0 Å². The molecule has 0 amide bonds. The smallest absolute Gasteiger partial charge is 0.413 e. The highest BCUT2D eigenvalue weighted by molar-refractivity contribution is 5.71. The van der Waals surface area contributed by atoms with E-state index < -0.39 is 17.4 Å². The van der Waals surface area contributed by atoms with Crippen molar-refractivity contribution in [1.29, 1.82) is 0 Å². The topological polar surface area (TPSA) is 35.5 Å². The molecule has 0 unspecified atom stereocenters. The molecule has 0 aromatic heterocycles. The molecule has 0 N–H and O–H groups in total. The Morgan fingerprint density at radius 1 is 0.400 bits per heavy atom. The first kappa shape index (κ1) is 18.2. The summed E-state index contributed by atoms with van der Waals surface area (Å²) in [5, 5.41) is 0. The van der Waals surface area contributed by atoms with Gasteiger partial charge in [-0.05, 0) is 0 Å². The number of hydrogen-bond acceptors (Lipinski definition) is 3. The van der Waals surface area contributed by atoms with E-state index in [1.807, 2.05) is 121 Å². The molecule has 0 bridgehead atoms. The summed E-state index contributed by atoms with van der Waals surface area (Å²) in [7, 11) is 0. The van der Waals surface area contributed by atoms with Gasteiger partial charge < -0.3 is 9.47 Å². The molecule has 0 radical (unpaired) electrons. The van der Waals surface area contributed by atoms with Gasteiger partial charge in [0.25, 0.3) is 0 Å². The minimum atomic E-state index is -1.20. The fraction of sp³-hybridized carbons (Fsp3) is 0.0741. The third-order valence-electron chi connectivity index (χ3n) is 5.69. The maximum atomic E-state index is 12.9. The van der Waals surface area contributed by atoms with Crippen molar-refractivity contribution < 1.29 is 14.3 Å².